The van der Waals surface area contributed by atoms with Crippen molar-refractivity contribution in [2.24, 2.45) is 5.41 Å². The zero-order chi connectivity index (χ0) is 18.7. The number of rotatable bonds is 4. The lowest BCUT2D eigenvalue weighted by molar-refractivity contribution is -0.139. The minimum Gasteiger partial charge on any atom is -0.383 e. The number of hydrogen-bond acceptors (Lipinski definition) is 3. The Morgan fingerprint density at radius 3 is 2.88 bits per heavy atom. The molecule has 1 aromatic carbocycles. The molecule has 5 nitrogen and oxygen atoms in total. The maximum atomic E-state index is 13.1. The number of amides is 2. The monoisotopic (exact) mass is 378 g/mol. The number of benzene rings is 1. The molecule has 1 atom stereocenters. The number of carbonyl (C=O) groups is 2. The van der Waals surface area contributed by atoms with Gasteiger partial charge in [0.2, 0.25) is 5.91 Å². The SMILES string of the molecule is COCCN1C[C@@]2(CCCN(C(=O)c3cc(Cl)ccc3C)C2)CCC1=O. The molecule has 2 saturated heterocycles. The minimum atomic E-state index is 0.00202. The van der Waals surface area contributed by atoms with E-state index in [1.54, 1.807) is 13.2 Å². The maximum absolute atomic E-state index is 13.1. The number of likely N-dealkylation sites (tertiary alicyclic amines) is 2. The highest BCUT2D eigenvalue weighted by Crippen LogP contribution is 2.39. The summed E-state index contributed by atoms with van der Waals surface area (Å²) in [7, 11) is 1.65. The van der Waals surface area contributed by atoms with Crippen LogP contribution in [0.15, 0.2) is 18.2 Å². The van der Waals surface area contributed by atoms with Crippen molar-refractivity contribution in [3.8, 4) is 0 Å². The van der Waals surface area contributed by atoms with Gasteiger partial charge in [-0.1, -0.05) is 17.7 Å². The Morgan fingerprint density at radius 2 is 2.12 bits per heavy atom. The van der Waals surface area contributed by atoms with Crippen LogP contribution in [-0.4, -0.2) is 61.5 Å². The number of nitrogens with zero attached hydrogens (tertiary/aromatic N) is 2. The van der Waals surface area contributed by atoms with E-state index in [9.17, 15) is 9.59 Å². The van der Waals surface area contributed by atoms with E-state index in [-0.39, 0.29) is 17.2 Å². The van der Waals surface area contributed by atoms with Crippen molar-refractivity contribution in [1.82, 2.24) is 9.80 Å². The summed E-state index contributed by atoms with van der Waals surface area (Å²) in [5.41, 5.74) is 1.62. The molecule has 1 spiro atoms. The molecule has 0 bridgehead atoms. The Bertz CT molecular complexity index is 694. The Morgan fingerprint density at radius 1 is 1.31 bits per heavy atom. The third-order valence-electron chi connectivity index (χ3n) is 5.69. The first-order valence-electron chi connectivity index (χ1n) is 9.26. The maximum Gasteiger partial charge on any atom is 0.254 e. The second kappa shape index (κ2) is 7.97. The Balaban J connectivity index is 1.75. The van der Waals surface area contributed by atoms with Crippen LogP contribution in [-0.2, 0) is 9.53 Å². The third kappa shape index (κ3) is 4.04. The van der Waals surface area contributed by atoms with Crippen LogP contribution in [0.25, 0.3) is 0 Å². The van der Waals surface area contributed by atoms with E-state index in [2.05, 4.69) is 0 Å². The molecule has 26 heavy (non-hydrogen) atoms. The highest BCUT2D eigenvalue weighted by atomic mass is 35.5. The van der Waals surface area contributed by atoms with Gasteiger partial charge < -0.3 is 14.5 Å². The lowest BCUT2D eigenvalue weighted by atomic mass is 9.73. The van der Waals surface area contributed by atoms with E-state index in [1.165, 1.54) is 0 Å². The quantitative estimate of drug-likeness (QED) is 0.808. The highest BCUT2D eigenvalue weighted by Gasteiger charge is 2.42. The van der Waals surface area contributed by atoms with Crippen molar-refractivity contribution in [3.05, 3.63) is 34.3 Å². The molecule has 3 rings (SSSR count). The van der Waals surface area contributed by atoms with Crippen LogP contribution in [0, 0.1) is 12.3 Å². The Hall–Kier alpha value is -1.59. The van der Waals surface area contributed by atoms with Crippen LogP contribution < -0.4 is 0 Å². The number of carbonyl (C=O) groups excluding carboxylic acids is 2. The number of ether oxygens (including phenoxy) is 1. The molecular weight excluding hydrogens is 352 g/mol. The molecule has 0 unspecified atom stereocenters. The first kappa shape index (κ1) is 19.2. The zero-order valence-electron chi connectivity index (χ0n) is 15.6. The summed E-state index contributed by atoms with van der Waals surface area (Å²) in [6.07, 6.45) is 3.44. The van der Waals surface area contributed by atoms with Crippen LogP contribution in [0.5, 0.6) is 0 Å². The molecule has 0 aromatic heterocycles. The van der Waals surface area contributed by atoms with Crippen molar-refractivity contribution in [1.29, 1.82) is 0 Å². The molecule has 2 aliphatic heterocycles. The zero-order valence-corrected chi connectivity index (χ0v) is 16.3. The number of piperidine rings is 2. The van der Waals surface area contributed by atoms with E-state index in [4.69, 9.17) is 16.3 Å². The highest BCUT2D eigenvalue weighted by molar-refractivity contribution is 6.31. The lowest BCUT2D eigenvalue weighted by Gasteiger charge is -2.48. The van der Waals surface area contributed by atoms with Gasteiger partial charge in [-0.25, -0.2) is 0 Å². The molecule has 0 N–H and O–H groups in total. The third-order valence-corrected chi connectivity index (χ3v) is 5.93. The number of methoxy groups -OCH3 is 1. The molecule has 0 saturated carbocycles. The second-order valence-corrected chi connectivity index (χ2v) is 8.03. The van der Waals surface area contributed by atoms with Gasteiger partial charge in [0.15, 0.2) is 0 Å². The van der Waals surface area contributed by atoms with Gasteiger partial charge in [-0.05, 0) is 43.9 Å². The molecular formula is C20H27ClN2O3. The van der Waals surface area contributed by atoms with Crippen molar-refractivity contribution >= 4 is 23.4 Å². The molecule has 0 aliphatic carbocycles. The average molecular weight is 379 g/mol. The van der Waals surface area contributed by atoms with Gasteiger partial charge in [0.05, 0.1) is 6.61 Å². The molecule has 2 heterocycles. The average Bonchev–Trinajstić information content (AvgIpc) is 2.64. The van der Waals surface area contributed by atoms with Gasteiger partial charge in [-0.3, -0.25) is 9.59 Å². The molecule has 1 aromatic rings. The predicted octanol–water partition coefficient (Wildman–Crippen LogP) is 3.14. The summed E-state index contributed by atoms with van der Waals surface area (Å²) >= 11 is 6.10. The van der Waals surface area contributed by atoms with Crippen LogP contribution in [0.1, 0.15) is 41.6 Å². The van der Waals surface area contributed by atoms with Gasteiger partial charge in [0, 0.05) is 55.7 Å². The first-order valence-corrected chi connectivity index (χ1v) is 9.64. The van der Waals surface area contributed by atoms with Crippen molar-refractivity contribution in [2.75, 3.05) is 39.9 Å². The molecule has 0 radical (unpaired) electrons. The number of aryl methyl sites for hydroxylation is 1. The van der Waals surface area contributed by atoms with Crippen molar-refractivity contribution < 1.29 is 14.3 Å². The summed E-state index contributed by atoms with van der Waals surface area (Å²) in [5.74, 6) is 0.242. The summed E-state index contributed by atoms with van der Waals surface area (Å²) in [6.45, 7) is 5.29. The van der Waals surface area contributed by atoms with E-state index in [0.29, 0.717) is 43.2 Å². The van der Waals surface area contributed by atoms with Crippen LogP contribution >= 0.6 is 11.6 Å². The Labute approximate surface area is 160 Å². The summed E-state index contributed by atoms with van der Waals surface area (Å²) in [6, 6.07) is 5.46. The Kier molecular flexibility index (Phi) is 5.88. The summed E-state index contributed by atoms with van der Waals surface area (Å²) < 4.78 is 5.14. The lowest BCUT2D eigenvalue weighted by Crippen LogP contribution is -2.55. The molecule has 142 valence electrons. The van der Waals surface area contributed by atoms with Crippen molar-refractivity contribution in [2.45, 2.75) is 32.6 Å². The molecule has 2 aliphatic rings. The first-order chi connectivity index (χ1) is 12.4. The minimum absolute atomic E-state index is 0.00202. The van der Waals surface area contributed by atoms with Gasteiger partial charge in [0.25, 0.3) is 5.91 Å². The predicted molar refractivity (Wildman–Crippen MR) is 101 cm³/mol. The topological polar surface area (TPSA) is 49.9 Å². The molecule has 2 amide bonds. The molecule has 6 heteroatoms. The van der Waals surface area contributed by atoms with Gasteiger partial charge in [-0.15, -0.1) is 0 Å². The smallest absolute Gasteiger partial charge is 0.254 e. The van der Waals surface area contributed by atoms with Crippen LogP contribution in [0.2, 0.25) is 5.02 Å². The second-order valence-electron chi connectivity index (χ2n) is 7.60. The van der Waals surface area contributed by atoms with E-state index >= 15 is 0 Å². The van der Waals surface area contributed by atoms with Gasteiger partial charge in [-0.2, -0.15) is 0 Å². The number of halogens is 1. The van der Waals surface area contributed by atoms with Crippen LogP contribution in [0.4, 0.5) is 0 Å². The van der Waals surface area contributed by atoms with Crippen LogP contribution in [0.3, 0.4) is 0 Å². The fourth-order valence-corrected chi connectivity index (χ4v) is 4.39. The fourth-order valence-electron chi connectivity index (χ4n) is 4.22. The van der Waals surface area contributed by atoms with E-state index < -0.39 is 0 Å². The van der Waals surface area contributed by atoms with Crippen molar-refractivity contribution in [3.63, 3.8) is 0 Å². The number of hydrogen-bond donors (Lipinski definition) is 0. The summed E-state index contributed by atoms with van der Waals surface area (Å²) in [5, 5.41) is 0.583. The normalized spacial score (nSPS) is 23.6. The van der Waals surface area contributed by atoms with E-state index in [1.807, 2.05) is 28.9 Å². The van der Waals surface area contributed by atoms with E-state index in [0.717, 1.165) is 31.4 Å². The standard InChI is InChI=1S/C20H27ClN2O3/c1-15-4-5-16(21)12-17(15)19(25)23-9-3-7-20(14-23)8-6-18(24)22(13-20)10-11-26-2/h4-5,12H,3,6-11,13-14H2,1-2H3/t20-/m1/s1. The largest absolute Gasteiger partial charge is 0.383 e. The van der Waals surface area contributed by atoms with Gasteiger partial charge >= 0.3 is 0 Å². The summed E-state index contributed by atoms with van der Waals surface area (Å²) in [4.78, 5) is 29.2. The van der Waals surface area contributed by atoms with Gasteiger partial charge in [0.1, 0.15) is 0 Å². The molecule has 2 fully saturated rings. The fraction of sp³-hybridized carbons (Fsp3) is 0.600.